The van der Waals surface area contributed by atoms with Gasteiger partial charge in [-0.15, -0.1) is 11.3 Å². The molecule has 1 aromatic carbocycles. The summed E-state index contributed by atoms with van der Waals surface area (Å²) < 4.78 is 33.8. The van der Waals surface area contributed by atoms with Crippen LogP contribution in [0.5, 0.6) is 0 Å². The van der Waals surface area contributed by atoms with Crippen molar-refractivity contribution in [1.82, 2.24) is 15.0 Å². The molecule has 1 amide bonds. The number of likely N-dealkylation sites (tertiary alicyclic amines) is 1. The molecule has 0 radical (unpaired) electrons. The Hall–Kier alpha value is -2.72. The molecular weight excluding hydrogens is 424 g/mol. The van der Waals surface area contributed by atoms with E-state index >= 15 is 0 Å². The summed E-state index contributed by atoms with van der Waals surface area (Å²) in [6, 6.07) is 6.99. The third-order valence-corrected chi connectivity index (χ3v) is 7.90. The van der Waals surface area contributed by atoms with Gasteiger partial charge in [0.05, 0.1) is 10.6 Å². The topological polar surface area (TPSA) is 105 Å². The van der Waals surface area contributed by atoms with Crippen molar-refractivity contribution in [3.63, 3.8) is 0 Å². The van der Waals surface area contributed by atoms with Crippen molar-refractivity contribution in [3.8, 4) is 10.7 Å². The van der Waals surface area contributed by atoms with Gasteiger partial charge in [0.25, 0.3) is 10.0 Å². The van der Waals surface area contributed by atoms with E-state index in [0.29, 0.717) is 28.5 Å². The minimum Gasteiger partial charge on any atom is -0.334 e. The largest absolute Gasteiger partial charge is 0.334 e. The van der Waals surface area contributed by atoms with Gasteiger partial charge in [-0.1, -0.05) is 17.3 Å². The molecule has 4 rings (SSSR count). The Morgan fingerprint density at radius 3 is 2.67 bits per heavy atom. The molecule has 1 aliphatic heterocycles. The Morgan fingerprint density at radius 1 is 1.20 bits per heavy atom. The van der Waals surface area contributed by atoms with E-state index in [4.69, 9.17) is 4.52 Å². The number of hydrogen-bond acceptors (Lipinski definition) is 7. The molecule has 0 aliphatic carbocycles. The van der Waals surface area contributed by atoms with Crippen LogP contribution in [0.2, 0.25) is 0 Å². The maximum absolute atomic E-state index is 13.0. The van der Waals surface area contributed by atoms with E-state index in [0.717, 1.165) is 24.0 Å². The minimum absolute atomic E-state index is 0.0733. The maximum atomic E-state index is 13.0. The Bertz CT molecular complexity index is 1210. The number of nitrogens with one attached hydrogen (secondary N) is 1. The van der Waals surface area contributed by atoms with Gasteiger partial charge in [0, 0.05) is 18.0 Å². The number of sulfonamides is 1. The summed E-state index contributed by atoms with van der Waals surface area (Å²) in [7, 11) is -3.79. The van der Waals surface area contributed by atoms with E-state index in [1.54, 1.807) is 17.9 Å². The number of benzene rings is 1. The van der Waals surface area contributed by atoms with E-state index < -0.39 is 10.0 Å². The van der Waals surface area contributed by atoms with Crippen molar-refractivity contribution in [2.75, 3.05) is 17.8 Å². The van der Waals surface area contributed by atoms with Gasteiger partial charge in [0.15, 0.2) is 0 Å². The minimum atomic E-state index is -3.79. The van der Waals surface area contributed by atoms with E-state index in [1.165, 1.54) is 17.4 Å². The van der Waals surface area contributed by atoms with Crippen LogP contribution < -0.4 is 4.72 Å². The quantitative estimate of drug-likeness (QED) is 0.640. The average molecular weight is 447 g/mol. The maximum Gasteiger partial charge on any atom is 0.316 e. The van der Waals surface area contributed by atoms with Crippen LogP contribution in [0.4, 0.5) is 5.69 Å². The van der Waals surface area contributed by atoms with E-state index in [-0.39, 0.29) is 22.5 Å². The Balaban J connectivity index is 1.60. The third-order valence-electron chi connectivity index (χ3n) is 5.23. The zero-order chi connectivity index (χ0) is 21.5. The predicted octanol–water partition coefficient (Wildman–Crippen LogP) is 3.76. The number of carbonyl (C=O) groups is 1. The van der Waals surface area contributed by atoms with Crippen LogP contribution in [0.3, 0.4) is 0 Å². The lowest BCUT2D eigenvalue weighted by molar-refractivity contribution is 0.0743. The van der Waals surface area contributed by atoms with E-state index in [1.807, 2.05) is 26.0 Å². The fraction of sp³-hybridized carbons (Fsp3) is 0.350. The molecule has 1 aliphatic rings. The predicted molar refractivity (Wildman–Crippen MR) is 114 cm³/mol. The second-order valence-electron chi connectivity index (χ2n) is 7.31. The first-order valence-corrected chi connectivity index (χ1v) is 11.9. The van der Waals surface area contributed by atoms with Crippen molar-refractivity contribution < 1.29 is 17.7 Å². The highest BCUT2D eigenvalue weighted by molar-refractivity contribution is 7.93. The van der Waals surface area contributed by atoms with Crippen molar-refractivity contribution in [2.45, 2.75) is 38.5 Å². The molecule has 1 saturated heterocycles. The Kier molecular flexibility index (Phi) is 5.37. The molecule has 0 atom stereocenters. The highest BCUT2D eigenvalue weighted by atomic mass is 32.2. The van der Waals surface area contributed by atoms with E-state index in [9.17, 15) is 13.2 Å². The Morgan fingerprint density at radius 2 is 1.93 bits per heavy atom. The molecule has 0 saturated carbocycles. The van der Waals surface area contributed by atoms with Gasteiger partial charge in [0.1, 0.15) is 4.90 Å². The van der Waals surface area contributed by atoms with Crippen molar-refractivity contribution in [3.05, 3.63) is 46.2 Å². The van der Waals surface area contributed by atoms with E-state index in [2.05, 4.69) is 14.9 Å². The first-order valence-electron chi connectivity index (χ1n) is 9.59. The first kappa shape index (κ1) is 20.5. The second kappa shape index (κ2) is 7.84. The van der Waals surface area contributed by atoms with Crippen LogP contribution in [-0.2, 0) is 10.0 Å². The number of aromatic nitrogens is 2. The van der Waals surface area contributed by atoms with Gasteiger partial charge < -0.3 is 9.42 Å². The van der Waals surface area contributed by atoms with Crippen LogP contribution in [-0.4, -0.2) is 42.5 Å². The number of nitrogens with zero attached hydrogens (tertiary/aromatic N) is 3. The van der Waals surface area contributed by atoms with Crippen LogP contribution in [0.25, 0.3) is 10.7 Å². The molecule has 30 heavy (non-hydrogen) atoms. The summed E-state index contributed by atoms with van der Waals surface area (Å²) in [6.45, 7) is 6.89. The fourth-order valence-corrected chi connectivity index (χ4v) is 6.01. The molecule has 0 unspecified atom stereocenters. The molecule has 3 aromatic rings. The molecule has 8 nitrogen and oxygen atoms in total. The molecule has 1 fully saturated rings. The van der Waals surface area contributed by atoms with Crippen LogP contribution in [0, 0.1) is 20.8 Å². The molecule has 1 N–H and O–H groups in total. The molecule has 2 aromatic heterocycles. The number of amides is 1. The van der Waals surface area contributed by atoms with Gasteiger partial charge in [0.2, 0.25) is 5.82 Å². The summed E-state index contributed by atoms with van der Waals surface area (Å²) in [6.07, 6.45) is 1.93. The van der Waals surface area contributed by atoms with Crippen LogP contribution in [0.1, 0.15) is 39.5 Å². The van der Waals surface area contributed by atoms with Crippen LogP contribution >= 0.6 is 11.3 Å². The molecule has 158 valence electrons. The summed E-state index contributed by atoms with van der Waals surface area (Å²) in [5.41, 5.74) is 2.41. The lowest BCUT2D eigenvalue weighted by atomic mass is 10.1. The lowest BCUT2D eigenvalue weighted by Gasteiger charge is -2.11. The highest BCUT2D eigenvalue weighted by Gasteiger charge is 2.27. The SMILES string of the molecule is Cc1cccc(NS(=O)(=O)c2cc(-c3noc(C(=O)N4CCCC4)n3)sc2C)c1C. The molecule has 0 bridgehead atoms. The highest BCUT2D eigenvalue weighted by Crippen LogP contribution is 2.33. The summed E-state index contributed by atoms with van der Waals surface area (Å²) in [4.78, 5) is 19.6. The average Bonchev–Trinajstić information content (AvgIpc) is 3.44. The number of carbonyl (C=O) groups excluding carboxylic acids is 1. The normalized spacial score (nSPS) is 14.3. The van der Waals surface area contributed by atoms with Gasteiger partial charge in [-0.2, -0.15) is 4.98 Å². The van der Waals surface area contributed by atoms with Gasteiger partial charge >= 0.3 is 11.8 Å². The lowest BCUT2D eigenvalue weighted by Crippen LogP contribution is -2.27. The zero-order valence-electron chi connectivity index (χ0n) is 16.9. The molecule has 0 spiro atoms. The van der Waals surface area contributed by atoms with Gasteiger partial charge in [-0.05, 0) is 56.9 Å². The van der Waals surface area contributed by atoms with Gasteiger partial charge in [-0.25, -0.2) is 8.42 Å². The fourth-order valence-electron chi connectivity index (χ4n) is 3.37. The standard InChI is InChI=1S/C20H22N4O4S2/c1-12-7-6-8-15(13(12)2)23-30(26,27)17-11-16(29-14(17)3)18-21-19(28-22-18)20(25)24-9-4-5-10-24/h6-8,11,23H,4-5,9-10H2,1-3H3. The summed E-state index contributed by atoms with van der Waals surface area (Å²) >= 11 is 1.24. The van der Waals surface area contributed by atoms with Crippen molar-refractivity contribution >= 4 is 33.0 Å². The molecule has 3 heterocycles. The summed E-state index contributed by atoms with van der Waals surface area (Å²) in [5.74, 6) is -0.154. The number of aryl methyl sites for hydroxylation is 2. The monoisotopic (exact) mass is 446 g/mol. The van der Waals surface area contributed by atoms with Crippen molar-refractivity contribution in [2.24, 2.45) is 0 Å². The second-order valence-corrected chi connectivity index (χ2v) is 10.2. The zero-order valence-corrected chi connectivity index (χ0v) is 18.6. The van der Waals surface area contributed by atoms with Crippen molar-refractivity contribution in [1.29, 1.82) is 0 Å². The summed E-state index contributed by atoms with van der Waals surface area (Å²) in [5, 5.41) is 3.89. The number of anilines is 1. The number of hydrogen-bond donors (Lipinski definition) is 1. The Labute approximate surface area is 179 Å². The smallest absolute Gasteiger partial charge is 0.316 e. The molecular formula is C20H22N4O4S2. The van der Waals surface area contributed by atoms with Gasteiger partial charge in [-0.3, -0.25) is 9.52 Å². The molecule has 10 heteroatoms. The number of rotatable bonds is 5. The first-order chi connectivity index (χ1) is 14.3. The third kappa shape index (κ3) is 3.84. The van der Waals surface area contributed by atoms with Crippen LogP contribution in [0.15, 0.2) is 33.7 Å². The number of thiophene rings is 1.